The molecular weight excluding hydrogens is 216 g/mol. The highest BCUT2D eigenvalue weighted by Crippen LogP contribution is 1.87. The van der Waals surface area contributed by atoms with Crippen molar-refractivity contribution in [2.75, 3.05) is 20.1 Å². The number of carbonyl (C=O) groups excluding carboxylic acids is 2. The Morgan fingerprint density at radius 3 is 1.88 bits per heavy atom. The van der Waals surface area contributed by atoms with E-state index < -0.39 is 0 Å². The van der Waals surface area contributed by atoms with Crippen LogP contribution in [-0.4, -0.2) is 31.8 Å². The first kappa shape index (κ1) is 21.2. The normalized spacial score (nSPS) is 8.18. The van der Waals surface area contributed by atoms with Crippen LogP contribution < -0.4 is 10.6 Å². The first-order chi connectivity index (χ1) is 7.93. The lowest BCUT2D eigenvalue weighted by molar-refractivity contribution is -0.123. The van der Waals surface area contributed by atoms with Gasteiger partial charge in [-0.15, -0.1) is 6.58 Å². The summed E-state index contributed by atoms with van der Waals surface area (Å²) in [4.78, 5) is 20.9. The Labute approximate surface area is 106 Å². The fourth-order valence-electron chi connectivity index (χ4n) is 0.446. The molecule has 0 aromatic heterocycles. The van der Waals surface area contributed by atoms with Gasteiger partial charge in [0.2, 0.25) is 5.91 Å². The van der Waals surface area contributed by atoms with Gasteiger partial charge in [0.15, 0.2) is 0 Å². The molecule has 102 valence electrons. The van der Waals surface area contributed by atoms with Gasteiger partial charge in [-0.3, -0.25) is 9.59 Å². The van der Waals surface area contributed by atoms with Crippen molar-refractivity contribution in [1.29, 1.82) is 0 Å². The molecule has 0 rings (SSSR count). The molecule has 17 heavy (non-hydrogen) atoms. The number of allylic oxidation sites excluding steroid dienone is 1. The van der Waals surface area contributed by atoms with Gasteiger partial charge in [-0.25, -0.2) is 0 Å². The first-order valence-electron chi connectivity index (χ1n) is 5.97. The summed E-state index contributed by atoms with van der Waals surface area (Å²) in [6.45, 7) is 13.6. The summed E-state index contributed by atoms with van der Waals surface area (Å²) in [6.07, 6.45) is 1.92. The van der Waals surface area contributed by atoms with E-state index in [9.17, 15) is 9.59 Å². The molecule has 0 atom stereocenters. The number of rotatable bonds is 5. The van der Waals surface area contributed by atoms with Crippen LogP contribution in [-0.2, 0) is 9.59 Å². The second-order valence-corrected chi connectivity index (χ2v) is 3.49. The van der Waals surface area contributed by atoms with Gasteiger partial charge in [0.05, 0.1) is 13.1 Å². The van der Waals surface area contributed by atoms with Crippen LogP contribution in [0.2, 0.25) is 0 Å². The molecule has 0 unspecified atom stereocenters. The van der Waals surface area contributed by atoms with Crippen LogP contribution in [0.1, 0.15) is 34.6 Å². The van der Waals surface area contributed by atoms with E-state index in [0.29, 0.717) is 5.92 Å². The third-order valence-electron chi connectivity index (χ3n) is 1.34. The Balaban J connectivity index is -0.000000236. The third-order valence-corrected chi connectivity index (χ3v) is 1.34. The van der Waals surface area contributed by atoms with Crippen LogP contribution in [0, 0.1) is 5.92 Å². The van der Waals surface area contributed by atoms with Gasteiger partial charge in [0.1, 0.15) is 5.78 Å². The first-order valence-corrected chi connectivity index (χ1v) is 5.97. The van der Waals surface area contributed by atoms with E-state index in [1.54, 1.807) is 7.05 Å². The summed E-state index contributed by atoms with van der Waals surface area (Å²) in [5.41, 5.74) is 0. The average Bonchev–Trinajstić information content (AvgIpc) is 2.30. The number of carbonyl (C=O) groups is 2. The highest BCUT2D eigenvalue weighted by molar-refractivity contribution is 5.85. The number of amides is 1. The number of hydrogen-bond donors (Lipinski definition) is 2. The monoisotopic (exact) mass is 244 g/mol. The summed E-state index contributed by atoms with van der Waals surface area (Å²) < 4.78 is 0. The number of Topliss-reactive ketones (excluding diaryl/α,β-unsaturated/α-hetero) is 1. The summed E-state index contributed by atoms with van der Waals surface area (Å²) in [6, 6.07) is 0. The van der Waals surface area contributed by atoms with Crippen molar-refractivity contribution in [3.63, 3.8) is 0 Å². The average molecular weight is 244 g/mol. The zero-order valence-electron chi connectivity index (χ0n) is 12.1. The lowest BCUT2D eigenvalue weighted by Gasteiger charge is -1.99. The maximum atomic E-state index is 10.6. The molecule has 0 aromatic rings. The number of likely N-dealkylation sites (N-methyl/N-ethyl adjacent to an activating group) is 1. The van der Waals surface area contributed by atoms with Crippen molar-refractivity contribution in [3.8, 4) is 0 Å². The van der Waals surface area contributed by atoms with Gasteiger partial charge in [-0.2, -0.15) is 0 Å². The topological polar surface area (TPSA) is 58.2 Å². The quantitative estimate of drug-likeness (QED) is 0.725. The molecule has 0 aliphatic carbocycles. The molecule has 1 amide bonds. The Morgan fingerprint density at radius 1 is 1.24 bits per heavy atom. The van der Waals surface area contributed by atoms with E-state index in [1.807, 2.05) is 19.9 Å². The van der Waals surface area contributed by atoms with E-state index in [2.05, 4.69) is 31.1 Å². The van der Waals surface area contributed by atoms with Crippen molar-refractivity contribution in [1.82, 2.24) is 10.6 Å². The van der Waals surface area contributed by atoms with Crippen molar-refractivity contribution in [2.24, 2.45) is 5.92 Å². The Kier molecular flexibility index (Phi) is 21.5. The second-order valence-electron chi connectivity index (χ2n) is 3.49. The van der Waals surface area contributed by atoms with Gasteiger partial charge in [-0.1, -0.05) is 33.8 Å². The highest BCUT2D eigenvalue weighted by Gasteiger charge is 1.98. The van der Waals surface area contributed by atoms with Gasteiger partial charge in [0, 0.05) is 0 Å². The minimum atomic E-state index is -0.155. The second kappa shape index (κ2) is 17.2. The number of ketones is 1. The maximum absolute atomic E-state index is 10.6. The number of hydrogen-bond acceptors (Lipinski definition) is 3. The smallest absolute Gasteiger partial charge is 0.234 e. The molecule has 0 aliphatic rings. The fourth-order valence-corrected chi connectivity index (χ4v) is 0.446. The van der Waals surface area contributed by atoms with Crippen molar-refractivity contribution < 1.29 is 9.59 Å². The van der Waals surface area contributed by atoms with Crippen LogP contribution in [0.15, 0.2) is 12.7 Å². The largest absolute Gasteiger partial charge is 0.348 e. The van der Waals surface area contributed by atoms with Gasteiger partial charge in [0.25, 0.3) is 0 Å². The predicted octanol–water partition coefficient (Wildman–Crippen LogP) is 1.77. The predicted molar refractivity (Wildman–Crippen MR) is 74.0 cm³/mol. The Bertz CT molecular complexity index is 202. The highest BCUT2D eigenvalue weighted by atomic mass is 16.2. The van der Waals surface area contributed by atoms with Crippen LogP contribution >= 0.6 is 0 Å². The molecule has 0 aliphatic heterocycles. The standard InChI is InChI=1S/C6H12N2O2.C5H10.C2H6/c1-5(9)3-8-6(10)4-7-2;1-4-5(2)3;1-2/h7H,3-4H2,1-2H3,(H,8,10);4-5H,1H2,2-3H3;1-2H3. The lowest BCUT2D eigenvalue weighted by atomic mass is 10.2. The summed E-state index contributed by atoms with van der Waals surface area (Å²) in [7, 11) is 1.67. The lowest BCUT2D eigenvalue weighted by Crippen LogP contribution is -2.34. The van der Waals surface area contributed by atoms with Gasteiger partial charge in [-0.05, 0) is 19.9 Å². The molecular formula is C13H28N2O2. The Hall–Kier alpha value is -1.16. The molecule has 0 fully saturated rings. The maximum Gasteiger partial charge on any atom is 0.234 e. The third kappa shape index (κ3) is 31.3. The van der Waals surface area contributed by atoms with Crippen molar-refractivity contribution in [3.05, 3.63) is 12.7 Å². The molecule has 4 nitrogen and oxygen atoms in total. The van der Waals surface area contributed by atoms with Crippen LogP contribution in [0.25, 0.3) is 0 Å². The minimum absolute atomic E-state index is 0.0375. The van der Waals surface area contributed by atoms with E-state index >= 15 is 0 Å². The zero-order valence-corrected chi connectivity index (χ0v) is 12.1. The minimum Gasteiger partial charge on any atom is -0.348 e. The van der Waals surface area contributed by atoms with Crippen LogP contribution in [0.4, 0.5) is 0 Å². The SMILES string of the molecule is C=CC(C)C.CC.CNCC(=O)NCC(C)=O. The molecule has 0 bridgehead atoms. The molecule has 0 aromatic carbocycles. The van der Waals surface area contributed by atoms with Gasteiger partial charge < -0.3 is 10.6 Å². The molecule has 0 saturated heterocycles. The molecule has 0 radical (unpaired) electrons. The van der Waals surface area contributed by atoms with Gasteiger partial charge >= 0.3 is 0 Å². The van der Waals surface area contributed by atoms with Crippen LogP contribution in [0.5, 0.6) is 0 Å². The fraction of sp³-hybridized carbons (Fsp3) is 0.692. The molecule has 0 saturated carbocycles. The van der Waals surface area contributed by atoms with Crippen molar-refractivity contribution >= 4 is 11.7 Å². The van der Waals surface area contributed by atoms with E-state index in [4.69, 9.17) is 0 Å². The zero-order chi connectivity index (χ0) is 14.3. The summed E-state index contributed by atoms with van der Waals surface area (Å²) in [5, 5.41) is 5.10. The summed E-state index contributed by atoms with van der Waals surface area (Å²) >= 11 is 0. The van der Waals surface area contributed by atoms with E-state index in [0.717, 1.165) is 0 Å². The molecule has 0 spiro atoms. The molecule has 4 heteroatoms. The van der Waals surface area contributed by atoms with Crippen LogP contribution in [0.3, 0.4) is 0 Å². The van der Waals surface area contributed by atoms with E-state index in [-0.39, 0.29) is 24.8 Å². The molecule has 2 N–H and O–H groups in total. The van der Waals surface area contributed by atoms with Crippen molar-refractivity contribution in [2.45, 2.75) is 34.6 Å². The molecule has 0 heterocycles. The Morgan fingerprint density at radius 2 is 1.65 bits per heavy atom. The van der Waals surface area contributed by atoms with E-state index in [1.165, 1.54) is 6.92 Å². The number of nitrogens with one attached hydrogen (secondary N) is 2. The summed E-state index contributed by atoms with van der Waals surface area (Å²) in [5.74, 6) is 0.456.